The largest absolute Gasteiger partial charge is 0.428 e. The van der Waals surface area contributed by atoms with Gasteiger partial charge in [-0.15, -0.1) is 0 Å². The Hall–Kier alpha value is -2.54. The van der Waals surface area contributed by atoms with Crippen LogP contribution >= 0.6 is 0 Å². The van der Waals surface area contributed by atoms with Crippen molar-refractivity contribution in [2.45, 2.75) is 12.9 Å². The Kier molecular flexibility index (Phi) is 3.03. The minimum atomic E-state index is -0.690. The molecule has 0 bridgehead atoms. The maximum absolute atomic E-state index is 5.82. The number of nitrogens with zero attached hydrogens (tertiary/aromatic N) is 2. The molecular formula is C13H14N4O3. The molecule has 0 amide bonds. The number of nitrogen functional groups attached to an aromatic ring is 2. The molecule has 2 aromatic rings. The lowest BCUT2D eigenvalue weighted by molar-refractivity contribution is -0.157. The van der Waals surface area contributed by atoms with Gasteiger partial charge in [-0.1, -0.05) is 6.07 Å². The quantitative estimate of drug-likeness (QED) is 0.857. The molecule has 3 rings (SSSR count). The zero-order chi connectivity index (χ0) is 14.1. The topological polar surface area (TPSA) is 106 Å². The van der Waals surface area contributed by atoms with Crippen LogP contribution in [0.25, 0.3) is 0 Å². The van der Waals surface area contributed by atoms with Gasteiger partial charge in [-0.05, 0) is 17.7 Å². The molecule has 7 heteroatoms. The standard InChI is InChI=1S/C13H14N4O3/c1-18-13-19-9-3-2-7(5-10(9)20-13)4-8-6-16-12(15)17-11(8)14/h2-3,5-6,13H,4H2,1H3,(H4,14,15,16,17). The summed E-state index contributed by atoms with van der Waals surface area (Å²) in [5, 5.41) is 0. The van der Waals surface area contributed by atoms with Gasteiger partial charge in [0.15, 0.2) is 11.5 Å². The van der Waals surface area contributed by atoms with Crippen LogP contribution in [-0.4, -0.2) is 23.6 Å². The molecule has 1 aromatic heterocycles. The molecule has 20 heavy (non-hydrogen) atoms. The van der Waals surface area contributed by atoms with E-state index >= 15 is 0 Å². The zero-order valence-electron chi connectivity index (χ0n) is 10.9. The third-order valence-corrected chi connectivity index (χ3v) is 2.96. The van der Waals surface area contributed by atoms with Crippen molar-refractivity contribution in [1.29, 1.82) is 0 Å². The highest BCUT2D eigenvalue weighted by molar-refractivity contribution is 5.48. The smallest absolute Gasteiger partial charge is 0.360 e. The van der Waals surface area contributed by atoms with Gasteiger partial charge < -0.3 is 25.7 Å². The first-order valence-corrected chi connectivity index (χ1v) is 6.01. The van der Waals surface area contributed by atoms with Crippen molar-refractivity contribution in [3.8, 4) is 11.5 Å². The van der Waals surface area contributed by atoms with Crippen molar-refractivity contribution in [1.82, 2.24) is 9.97 Å². The Morgan fingerprint density at radius 1 is 1.25 bits per heavy atom. The fraction of sp³-hybridized carbons (Fsp3) is 0.231. The van der Waals surface area contributed by atoms with Crippen molar-refractivity contribution in [3.05, 3.63) is 35.5 Å². The molecule has 0 spiro atoms. The minimum absolute atomic E-state index is 0.167. The van der Waals surface area contributed by atoms with Crippen LogP contribution in [0.5, 0.6) is 11.5 Å². The van der Waals surface area contributed by atoms with Gasteiger partial charge in [0.05, 0.1) is 0 Å². The van der Waals surface area contributed by atoms with Gasteiger partial charge >= 0.3 is 6.48 Å². The monoisotopic (exact) mass is 274 g/mol. The first-order chi connectivity index (χ1) is 9.65. The Morgan fingerprint density at radius 2 is 2.05 bits per heavy atom. The maximum atomic E-state index is 5.82. The Balaban J connectivity index is 1.83. The molecule has 0 radical (unpaired) electrons. The lowest BCUT2D eigenvalue weighted by Crippen LogP contribution is -2.19. The van der Waals surface area contributed by atoms with Crippen LogP contribution in [0.4, 0.5) is 11.8 Å². The van der Waals surface area contributed by atoms with Crippen molar-refractivity contribution in [3.63, 3.8) is 0 Å². The lowest BCUT2D eigenvalue weighted by Gasteiger charge is -2.06. The van der Waals surface area contributed by atoms with Crippen molar-refractivity contribution in [2.24, 2.45) is 0 Å². The van der Waals surface area contributed by atoms with Crippen LogP contribution in [-0.2, 0) is 11.2 Å². The average molecular weight is 274 g/mol. The second kappa shape index (κ2) is 4.86. The summed E-state index contributed by atoms with van der Waals surface area (Å²) in [6.07, 6.45) is 2.21. The minimum Gasteiger partial charge on any atom is -0.428 e. The molecule has 104 valence electrons. The zero-order valence-corrected chi connectivity index (χ0v) is 10.9. The molecule has 4 N–H and O–H groups in total. The summed E-state index contributed by atoms with van der Waals surface area (Å²) in [6.45, 7) is -0.690. The van der Waals surface area contributed by atoms with Gasteiger partial charge in [0.2, 0.25) is 5.95 Å². The molecule has 1 unspecified atom stereocenters. The van der Waals surface area contributed by atoms with E-state index < -0.39 is 6.48 Å². The Morgan fingerprint density at radius 3 is 2.80 bits per heavy atom. The number of hydrogen-bond acceptors (Lipinski definition) is 7. The van der Waals surface area contributed by atoms with E-state index in [9.17, 15) is 0 Å². The normalized spacial score (nSPS) is 16.4. The van der Waals surface area contributed by atoms with E-state index in [0.29, 0.717) is 23.7 Å². The van der Waals surface area contributed by atoms with Crippen LogP contribution in [0.15, 0.2) is 24.4 Å². The van der Waals surface area contributed by atoms with Gasteiger partial charge in [-0.2, -0.15) is 4.98 Å². The molecule has 1 aromatic carbocycles. The fourth-order valence-electron chi connectivity index (χ4n) is 1.97. The molecule has 1 atom stereocenters. The SMILES string of the molecule is COC1Oc2ccc(Cc3cnc(N)nc3N)cc2O1. The molecule has 0 saturated carbocycles. The van der Waals surface area contributed by atoms with Crippen LogP contribution in [0.1, 0.15) is 11.1 Å². The summed E-state index contributed by atoms with van der Waals surface area (Å²) in [4.78, 5) is 7.88. The van der Waals surface area contributed by atoms with E-state index in [4.69, 9.17) is 25.7 Å². The number of methoxy groups -OCH3 is 1. The third-order valence-electron chi connectivity index (χ3n) is 2.96. The Labute approximate surface area is 115 Å². The number of aromatic nitrogens is 2. The average Bonchev–Trinajstić information content (AvgIpc) is 2.84. The summed E-state index contributed by atoms with van der Waals surface area (Å²) in [7, 11) is 1.52. The first kappa shape index (κ1) is 12.5. The van der Waals surface area contributed by atoms with Crippen molar-refractivity contribution >= 4 is 11.8 Å². The molecule has 0 saturated heterocycles. The summed E-state index contributed by atoms with van der Waals surface area (Å²) in [6, 6.07) is 5.64. The van der Waals surface area contributed by atoms with Crippen LogP contribution in [0.2, 0.25) is 0 Å². The summed E-state index contributed by atoms with van der Waals surface area (Å²) in [5.74, 6) is 1.84. The second-order valence-electron chi connectivity index (χ2n) is 4.36. The maximum Gasteiger partial charge on any atom is 0.360 e. The molecular weight excluding hydrogens is 260 g/mol. The molecule has 2 heterocycles. The van der Waals surface area contributed by atoms with Crippen molar-refractivity contribution in [2.75, 3.05) is 18.6 Å². The number of hydrogen-bond donors (Lipinski definition) is 2. The molecule has 0 aliphatic carbocycles. The highest BCUT2D eigenvalue weighted by Crippen LogP contribution is 2.36. The van der Waals surface area contributed by atoms with E-state index in [0.717, 1.165) is 11.1 Å². The molecule has 1 aliphatic rings. The number of fused-ring (bicyclic) bond motifs is 1. The number of rotatable bonds is 3. The lowest BCUT2D eigenvalue weighted by atomic mass is 10.1. The van der Waals surface area contributed by atoms with E-state index in [1.807, 2.05) is 18.2 Å². The van der Waals surface area contributed by atoms with Crippen LogP contribution in [0, 0.1) is 0 Å². The predicted octanol–water partition coefficient (Wildman–Crippen LogP) is 0.933. The van der Waals surface area contributed by atoms with Gasteiger partial charge in [0, 0.05) is 25.3 Å². The number of nitrogens with two attached hydrogens (primary N) is 2. The van der Waals surface area contributed by atoms with Gasteiger partial charge in [0.25, 0.3) is 0 Å². The van der Waals surface area contributed by atoms with Gasteiger partial charge in [0.1, 0.15) is 5.82 Å². The van der Waals surface area contributed by atoms with E-state index in [2.05, 4.69) is 9.97 Å². The number of benzene rings is 1. The van der Waals surface area contributed by atoms with E-state index in [1.54, 1.807) is 6.20 Å². The third kappa shape index (κ3) is 2.30. The molecule has 0 fully saturated rings. The van der Waals surface area contributed by atoms with Crippen molar-refractivity contribution < 1.29 is 14.2 Å². The highest BCUT2D eigenvalue weighted by Gasteiger charge is 2.23. The summed E-state index contributed by atoms with van der Waals surface area (Å²) in [5.41, 5.74) is 13.1. The van der Waals surface area contributed by atoms with E-state index in [1.165, 1.54) is 7.11 Å². The molecule has 1 aliphatic heterocycles. The van der Waals surface area contributed by atoms with Crippen LogP contribution in [0.3, 0.4) is 0 Å². The second-order valence-corrected chi connectivity index (χ2v) is 4.36. The molecule has 7 nitrogen and oxygen atoms in total. The van der Waals surface area contributed by atoms with E-state index in [-0.39, 0.29) is 5.95 Å². The summed E-state index contributed by atoms with van der Waals surface area (Å²) >= 11 is 0. The fourth-order valence-corrected chi connectivity index (χ4v) is 1.97. The van der Waals surface area contributed by atoms with Crippen LogP contribution < -0.4 is 20.9 Å². The number of anilines is 2. The summed E-state index contributed by atoms with van der Waals surface area (Å²) < 4.78 is 15.8. The highest BCUT2D eigenvalue weighted by atomic mass is 16.9. The predicted molar refractivity (Wildman–Crippen MR) is 72.2 cm³/mol. The first-order valence-electron chi connectivity index (χ1n) is 6.01. The Bertz CT molecular complexity index is 648. The van der Waals surface area contributed by atoms with Gasteiger partial charge in [-0.3, -0.25) is 0 Å². The number of ether oxygens (including phenoxy) is 3. The van der Waals surface area contributed by atoms with Gasteiger partial charge in [-0.25, -0.2) is 4.98 Å².